The summed E-state index contributed by atoms with van der Waals surface area (Å²) in [6, 6.07) is 5.44. The molecular formula is C14H19BrN2O2. The molecule has 0 saturated carbocycles. The largest absolute Gasteiger partial charge is 0.326 e. The minimum atomic E-state index is -0.637. The molecule has 1 rings (SSSR count). The monoisotopic (exact) mass is 326 g/mol. The highest BCUT2D eigenvalue weighted by atomic mass is 79.9. The lowest BCUT2D eigenvalue weighted by atomic mass is 10.1. The van der Waals surface area contributed by atoms with Gasteiger partial charge in [-0.1, -0.05) is 28.9 Å². The highest BCUT2D eigenvalue weighted by Gasteiger charge is 2.24. The Hall–Kier alpha value is -1.36. The zero-order valence-electron chi connectivity index (χ0n) is 11.6. The molecule has 0 aliphatic heterocycles. The van der Waals surface area contributed by atoms with Crippen LogP contribution in [0.3, 0.4) is 0 Å². The zero-order valence-corrected chi connectivity index (χ0v) is 13.2. The molecule has 0 radical (unpaired) electrons. The van der Waals surface area contributed by atoms with Crippen molar-refractivity contribution < 1.29 is 9.59 Å². The molecule has 0 aliphatic rings. The Kier molecular flexibility index (Phi) is 5.11. The second kappa shape index (κ2) is 6.19. The van der Waals surface area contributed by atoms with Crippen molar-refractivity contribution in [1.29, 1.82) is 0 Å². The fourth-order valence-corrected chi connectivity index (χ4v) is 1.45. The number of amides is 2. The number of hydrogen-bond acceptors (Lipinski definition) is 2. The first-order chi connectivity index (χ1) is 8.74. The van der Waals surface area contributed by atoms with E-state index in [1.54, 1.807) is 26.8 Å². The molecular weight excluding hydrogens is 308 g/mol. The molecule has 0 unspecified atom stereocenters. The van der Waals surface area contributed by atoms with Crippen molar-refractivity contribution in [2.75, 3.05) is 10.6 Å². The molecule has 2 N–H and O–H groups in total. The van der Waals surface area contributed by atoms with Gasteiger partial charge in [0, 0.05) is 17.8 Å². The summed E-state index contributed by atoms with van der Waals surface area (Å²) in [4.78, 5) is 23.3. The van der Waals surface area contributed by atoms with E-state index >= 15 is 0 Å². The molecule has 0 aromatic heterocycles. The molecule has 0 atom stereocenters. The molecule has 5 heteroatoms. The van der Waals surface area contributed by atoms with E-state index in [0.29, 0.717) is 17.8 Å². The molecule has 19 heavy (non-hydrogen) atoms. The Morgan fingerprint density at radius 3 is 2.42 bits per heavy atom. The molecule has 0 aliphatic carbocycles. The normalized spacial score (nSPS) is 11.0. The summed E-state index contributed by atoms with van der Waals surface area (Å²) in [5, 5.41) is 5.61. The van der Waals surface area contributed by atoms with Crippen molar-refractivity contribution in [2.45, 2.75) is 38.4 Å². The number of anilines is 2. The minimum Gasteiger partial charge on any atom is -0.326 e. The maximum atomic E-state index is 11.9. The van der Waals surface area contributed by atoms with Gasteiger partial charge in [0.2, 0.25) is 11.8 Å². The van der Waals surface area contributed by atoms with Gasteiger partial charge in [-0.25, -0.2) is 0 Å². The van der Waals surface area contributed by atoms with Crippen LogP contribution >= 0.6 is 15.9 Å². The van der Waals surface area contributed by atoms with Crippen LogP contribution in [-0.2, 0) is 9.59 Å². The summed E-state index contributed by atoms with van der Waals surface area (Å²) in [5.41, 5.74) is 2.33. The van der Waals surface area contributed by atoms with Gasteiger partial charge in [0.15, 0.2) is 0 Å². The Bertz CT molecular complexity index is 493. The van der Waals surface area contributed by atoms with Crippen molar-refractivity contribution in [3.8, 4) is 0 Å². The molecule has 1 aromatic carbocycles. The third kappa shape index (κ3) is 4.67. The molecule has 0 bridgehead atoms. The third-order valence-electron chi connectivity index (χ3n) is 2.63. The van der Waals surface area contributed by atoms with Gasteiger partial charge in [-0.3, -0.25) is 9.59 Å². The van der Waals surface area contributed by atoms with Gasteiger partial charge >= 0.3 is 0 Å². The average Bonchev–Trinajstić information content (AvgIpc) is 2.32. The number of hydrogen-bond donors (Lipinski definition) is 2. The summed E-state index contributed by atoms with van der Waals surface area (Å²) in [5.74, 6) is -0.184. The van der Waals surface area contributed by atoms with E-state index in [-0.39, 0.29) is 11.8 Å². The number of alkyl halides is 1. The smallest absolute Gasteiger partial charge is 0.240 e. The number of benzene rings is 1. The van der Waals surface area contributed by atoms with Gasteiger partial charge in [-0.2, -0.15) is 0 Å². The second-order valence-electron chi connectivity index (χ2n) is 4.86. The van der Waals surface area contributed by atoms with E-state index in [0.717, 1.165) is 5.56 Å². The highest BCUT2D eigenvalue weighted by Crippen LogP contribution is 2.24. The van der Waals surface area contributed by atoms with E-state index in [9.17, 15) is 9.59 Å². The molecule has 1 aromatic rings. The predicted molar refractivity (Wildman–Crippen MR) is 81.7 cm³/mol. The van der Waals surface area contributed by atoms with Crippen LogP contribution in [0, 0.1) is 6.92 Å². The van der Waals surface area contributed by atoms with Crippen molar-refractivity contribution >= 4 is 39.1 Å². The maximum absolute atomic E-state index is 11.9. The topological polar surface area (TPSA) is 58.2 Å². The van der Waals surface area contributed by atoms with Crippen LogP contribution in [0.2, 0.25) is 0 Å². The van der Waals surface area contributed by atoms with Gasteiger partial charge in [0.25, 0.3) is 0 Å². The van der Waals surface area contributed by atoms with Gasteiger partial charge < -0.3 is 10.6 Å². The lowest BCUT2D eigenvalue weighted by Gasteiger charge is -2.17. The lowest BCUT2D eigenvalue weighted by molar-refractivity contribution is -0.117. The van der Waals surface area contributed by atoms with Crippen LogP contribution in [0.4, 0.5) is 11.4 Å². The maximum Gasteiger partial charge on any atom is 0.240 e. The number of halogens is 1. The second-order valence-corrected chi connectivity index (χ2v) is 6.84. The van der Waals surface area contributed by atoms with Crippen LogP contribution < -0.4 is 10.6 Å². The summed E-state index contributed by atoms with van der Waals surface area (Å²) >= 11 is 3.31. The lowest BCUT2D eigenvalue weighted by Crippen LogP contribution is -2.31. The molecule has 0 heterocycles. The standard InChI is InChI=1S/C14H19BrN2O2/c1-5-12(18)16-10-7-6-9(2)11(8-10)17-13(19)14(3,4)15/h6-8H,5H2,1-4H3,(H,16,18)(H,17,19). The van der Waals surface area contributed by atoms with Crippen LogP contribution in [0.1, 0.15) is 32.8 Å². The number of carbonyl (C=O) groups excluding carboxylic acids is 2. The first-order valence-corrected chi connectivity index (χ1v) is 6.94. The molecule has 104 valence electrons. The molecule has 4 nitrogen and oxygen atoms in total. The summed E-state index contributed by atoms with van der Waals surface area (Å²) in [6.45, 7) is 7.25. The van der Waals surface area contributed by atoms with E-state index in [1.807, 2.05) is 19.1 Å². The number of carbonyl (C=O) groups is 2. The van der Waals surface area contributed by atoms with Crippen LogP contribution in [0.15, 0.2) is 18.2 Å². The summed E-state index contributed by atoms with van der Waals surface area (Å²) in [7, 11) is 0. The fraction of sp³-hybridized carbons (Fsp3) is 0.429. The quantitative estimate of drug-likeness (QED) is 0.832. The van der Waals surface area contributed by atoms with E-state index in [4.69, 9.17) is 0 Å². The van der Waals surface area contributed by atoms with Gasteiger partial charge in [0.05, 0.1) is 4.32 Å². The molecule has 0 spiro atoms. The molecule has 2 amide bonds. The Morgan fingerprint density at radius 1 is 1.26 bits per heavy atom. The molecule has 0 fully saturated rings. The van der Waals surface area contributed by atoms with Crippen molar-refractivity contribution in [1.82, 2.24) is 0 Å². The highest BCUT2D eigenvalue weighted by molar-refractivity contribution is 9.10. The van der Waals surface area contributed by atoms with Gasteiger partial charge in [0.1, 0.15) is 0 Å². The summed E-state index contributed by atoms with van der Waals surface area (Å²) < 4.78 is -0.637. The average molecular weight is 327 g/mol. The Labute approximate surface area is 122 Å². The van der Waals surface area contributed by atoms with Crippen molar-refractivity contribution in [3.05, 3.63) is 23.8 Å². The van der Waals surface area contributed by atoms with Crippen molar-refractivity contribution in [2.24, 2.45) is 0 Å². The van der Waals surface area contributed by atoms with E-state index < -0.39 is 4.32 Å². The summed E-state index contributed by atoms with van der Waals surface area (Å²) in [6.07, 6.45) is 0.421. The number of nitrogens with one attached hydrogen (secondary N) is 2. The van der Waals surface area contributed by atoms with Gasteiger partial charge in [-0.05, 0) is 38.5 Å². The SMILES string of the molecule is CCC(=O)Nc1ccc(C)c(NC(=O)C(C)(C)Br)c1. The van der Waals surface area contributed by atoms with E-state index in [2.05, 4.69) is 26.6 Å². The Balaban J connectivity index is 2.92. The zero-order chi connectivity index (χ0) is 14.6. The van der Waals surface area contributed by atoms with Gasteiger partial charge in [-0.15, -0.1) is 0 Å². The van der Waals surface area contributed by atoms with Crippen LogP contribution in [0.5, 0.6) is 0 Å². The first kappa shape index (κ1) is 15.7. The van der Waals surface area contributed by atoms with E-state index in [1.165, 1.54) is 0 Å². The third-order valence-corrected chi connectivity index (χ3v) is 2.99. The number of rotatable bonds is 4. The number of aryl methyl sites for hydroxylation is 1. The predicted octanol–water partition coefficient (Wildman–Crippen LogP) is 3.46. The molecule has 0 saturated heterocycles. The Morgan fingerprint density at radius 2 is 1.89 bits per heavy atom. The van der Waals surface area contributed by atoms with Crippen LogP contribution in [0.25, 0.3) is 0 Å². The minimum absolute atomic E-state index is 0.0537. The fourth-order valence-electron chi connectivity index (χ4n) is 1.35. The van der Waals surface area contributed by atoms with Crippen LogP contribution in [-0.4, -0.2) is 16.1 Å². The first-order valence-electron chi connectivity index (χ1n) is 6.15. The van der Waals surface area contributed by atoms with Crippen molar-refractivity contribution in [3.63, 3.8) is 0 Å².